The first kappa shape index (κ1) is 114. The van der Waals surface area contributed by atoms with Gasteiger partial charge in [0.1, 0.15) is 0 Å². The molecule has 0 fully saturated rings. The van der Waals surface area contributed by atoms with Crippen LogP contribution in [0.15, 0.2) is 0 Å². The second kappa shape index (κ2) is 79.0. The maximum absolute atomic E-state index is 0. The molecule has 0 spiro atoms. The Labute approximate surface area is 94.8 Å². The molecule has 0 bridgehead atoms. The molecule has 0 saturated carbocycles. The number of hydrogen-bond donors (Lipinski definition) is 0. The standard InChI is InChI=1S/2Ag.2Cr.3O/q;;2*+3;3*-2. The van der Waals surface area contributed by atoms with Crippen LogP contribution in [0, 0.1) is 0 Å². The van der Waals surface area contributed by atoms with Crippen LogP contribution in [0.5, 0.6) is 0 Å². The first-order valence-corrected chi connectivity index (χ1v) is 0. The molecule has 0 rings (SSSR count). The molecular formula is Ag2Cr2O3. The topological polar surface area (TPSA) is 85.5 Å². The average Bonchev–Trinajstić information content (AvgIpc) is 0. The van der Waals surface area contributed by atoms with Crippen molar-refractivity contribution >= 4 is 0 Å². The molecular weight excluding hydrogens is 368 g/mol. The molecule has 7 heavy (non-hydrogen) atoms. The van der Waals surface area contributed by atoms with Crippen molar-refractivity contribution in [2.24, 2.45) is 0 Å². The van der Waals surface area contributed by atoms with Gasteiger partial charge >= 0.3 is 34.7 Å². The van der Waals surface area contributed by atoms with Crippen molar-refractivity contribution < 1.29 is 95.9 Å². The Balaban J connectivity index is 0. The molecule has 3 nitrogen and oxygen atoms in total. The minimum atomic E-state index is 0. The Kier molecular flexibility index (Phi) is 1280. The normalized spacial score (nSPS) is 0. The SMILES string of the molecule is [Ag].[Ag].[Cr+3].[Cr+3].[O-2].[O-2].[O-2]. The molecule has 0 atom stereocenters. The second-order valence-corrected chi connectivity index (χ2v) is 0. The number of rotatable bonds is 0. The van der Waals surface area contributed by atoms with Crippen molar-refractivity contribution in [2.45, 2.75) is 0 Å². The molecule has 0 heterocycles. The molecule has 0 aromatic carbocycles. The van der Waals surface area contributed by atoms with E-state index in [-0.39, 0.29) is 95.9 Å². The summed E-state index contributed by atoms with van der Waals surface area (Å²) in [4.78, 5) is 0. The van der Waals surface area contributed by atoms with E-state index >= 15 is 0 Å². The van der Waals surface area contributed by atoms with E-state index in [0.29, 0.717) is 0 Å². The minimum Gasteiger partial charge on any atom is -2.00 e. The Morgan fingerprint density at radius 1 is 0.429 bits per heavy atom. The van der Waals surface area contributed by atoms with E-state index in [1.165, 1.54) is 0 Å². The van der Waals surface area contributed by atoms with Crippen molar-refractivity contribution in [2.75, 3.05) is 0 Å². The van der Waals surface area contributed by atoms with E-state index < -0.39 is 0 Å². The predicted octanol–water partition coefficient (Wildman–Crippen LogP) is -0.366. The van der Waals surface area contributed by atoms with Gasteiger partial charge in [-0.3, -0.25) is 0 Å². The summed E-state index contributed by atoms with van der Waals surface area (Å²) >= 11 is 0. The molecule has 0 saturated heterocycles. The van der Waals surface area contributed by atoms with Gasteiger partial charge in [0.25, 0.3) is 0 Å². The van der Waals surface area contributed by atoms with Crippen LogP contribution in [-0.2, 0) is 95.9 Å². The molecule has 52 valence electrons. The molecule has 0 unspecified atom stereocenters. The second-order valence-electron chi connectivity index (χ2n) is 0. The Hall–Kier alpha value is 2.43. The van der Waals surface area contributed by atoms with Crippen LogP contribution in [0.2, 0.25) is 0 Å². The summed E-state index contributed by atoms with van der Waals surface area (Å²) in [6.45, 7) is 0. The van der Waals surface area contributed by atoms with Crippen molar-refractivity contribution in [3.05, 3.63) is 0 Å². The summed E-state index contributed by atoms with van der Waals surface area (Å²) in [5, 5.41) is 0. The molecule has 0 aliphatic heterocycles. The van der Waals surface area contributed by atoms with Crippen molar-refractivity contribution in [3.8, 4) is 0 Å². The van der Waals surface area contributed by atoms with Gasteiger partial charge in [-0.2, -0.15) is 0 Å². The first-order valence-electron chi connectivity index (χ1n) is 0. The molecule has 0 aliphatic carbocycles. The van der Waals surface area contributed by atoms with Gasteiger partial charge in [-0.25, -0.2) is 0 Å². The third kappa shape index (κ3) is 59.1. The Bertz CT molecular complexity index is 10.9. The Morgan fingerprint density at radius 3 is 0.429 bits per heavy atom. The summed E-state index contributed by atoms with van der Waals surface area (Å²) in [6.07, 6.45) is 0. The zero-order valence-electron chi connectivity index (χ0n) is 2.64. The first-order chi connectivity index (χ1) is 0. The minimum absolute atomic E-state index is 0. The van der Waals surface area contributed by atoms with E-state index in [1.807, 2.05) is 0 Å². The van der Waals surface area contributed by atoms with Gasteiger partial charge in [-0.15, -0.1) is 0 Å². The Morgan fingerprint density at radius 2 is 0.429 bits per heavy atom. The third-order valence-electron chi connectivity index (χ3n) is 0. The van der Waals surface area contributed by atoms with E-state index in [4.69, 9.17) is 0 Å². The van der Waals surface area contributed by atoms with Crippen molar-refractivity contribution in [3.63, 3.8) is 0 Å². The summed E-state index contributed by atoms with van der Waals surface area (Å²) in [6, 6.07) is 0. The van der Waals surface area contributed by atoms with Gasteiger partial charge in [0.15, 0.2) is 0 Å². The van der Waals surface area contributed by atoms with E-state index in [1.54, 1.807) is 0 Å². The zero-order valence-corrected chi connectivity index (χ0v) is 8.16. The fraction of sp³-hybridized carbons (Fsp3) is 0. The molecule has 0 amide bonds. The maximum Gasteiger partial charge on any atom is 3.00 e. The van der Waals surface area contributed by atoms with E-state index in [2.05, 4.69) is 0 Å². The molecule has 4 radical (unpaired) electrons. The summed E-state index contributed by atoms with van der Waals surface area (Å²) in [7, 11) is 0. The monoisotopic (exact) mass is 366 g/mol. The van der Waals surface area contributed by atoms with Crippen molar-refractivity contribution in [1.29, 1.82) is 0 Å². The van der Waals surface area contributed by atoms with E-state index in [9.17, 15) is 0 Å². The summed E-state index contributed by atoms with van der Waals surface area (Å²) in [5.74, 6) is 0. The van der Waals surface area contributed by atoms with Crippen LogP contribution in [0.3, 0.4) is 0 Å². The fourth-order valence-corrected chi connectivity index (χ4v) is 0. The van der Waals surface area contributed by atoms with Crippen molar-refractivity contribution in [1.82, 2.24) is 0 Å². The molecule has 0 N–H and O–H groups in total. The van der Waals surface area contributed by atoms with Crippen LogP contribution >= 0.6 is 0 Å². The zero-order chi connectivity index (χ0) is 0. The molecule has 0 aliphatic rings. The van der Waals surface area contributed by atoms with Crippen LogP contribution in [0.4, 0.5) is 0 Å². The third-order valence-corrected chi connectivity index (χ3v) is 0. The van der Waals surface area contributed by atoms with Gasteiger partial charge in [-0.05, 0) is 0 Å². The van der Waals surface area contributed by atoms with Gasteiger partial charge in [0.2, 0.25) is 0 Å². The number of hydrogen-bond acceptors (Lipinski definition) is 0. The van der Waals surface area contributed by atoms with Gasteiger partial charge in [0, 0.05) is 44.8 Å². The smallest absolute Gasteiger partial charge is 2.00 e. The van der Waals surface area contributed by atoms with E-state index in [0.717, 1.165) is 0 Å². The molecule has 7 heteroatoms. The predicted molar refractivity (Wildman–Crippen MR) is 2.06 cm³/mol. The summed E-state index contributed by atoms with van der Waals surface area (Å²) in [5.41, 5.74) is 0. The van der Waals surface area contributed by atoms with Gasteiger partial charge in [0.05, 0.1) is 0 Å². The average molecular weight is 368 g/mol. The quantitative estimate of drug-likeness (QED) is 0.523. The molecule has 0 aromatic heterocycles. The van der Waals surface area contributed by atoms with Gasteiger partial charge in [-0.1, -0.05) is 0 Å². The largest absolute Gasteiger partial charge is 3.00 e. The summed E-state index contributed by atoms with van der Waals surface area (Å²) < 4.78 is 0. The van der Waals surface area contributed by atoms with Crippen LogP contribution in [-0.4, -0.2) is 0 Å². The fourth-order valence-electron chi connectivity index (χ4n) is 0. The van der Waals surface area contributed by atoms with Crippen LogP contribution in [0.1, 0.15) is 0 Å². The van der Waals surface area contributed by atoms with Crippen LogP contribution < -0.4 is 0 Å². The van der Waals surface area contributed by atoms with Gasteiger partial charge < -0.3 is 16.4 Å². The van der Waals surface area contributed by atoms with Crippen LogP contribution in [0.25, 0.3) is 0 Å². The maximum atomic E-state index is 0. The molecule has 0 aromatic rings.